The Morgan fingerprint density at radius 3 is 2.81 bits per heavy atom. The summed E-state index contributed by atoms with van der Waals surface area (Å²) in [5, 5.41) is 2.76. The monoisotopic (exact) mass is 285 g/mol. The number of nitrogens with two attached hydrogens (primary N) is 1. The van der Waals surface area contributed by atoms with Crippen molar-refractivity contribution in [2.75, 3.05) is 5.32 Å². The Kier molecular flexibility index (Phi) is 5.29. The summed E-state index contributed by atoms with van der Waals surface area (Å²) in [7, 11) is 0. The molecule has 0 bridgehead atoms. The molecule has 1 amide bonds. The van der Waals surface area contributed by atoms with Gasteiger partial charge in [0.15, 0.2) is 5.75 Å². The molecule has 2 rings (SSSR count). The average molecular weight is 285 g/mol. The molecule has 1 atom stereocenters. The Hall–Kier alpha value is -2.40. The zero-order valence-corrected chi connectivity index (χ0v) is 12.0. The number of aromatic nitrogens is 1. The number of rotatable bonds is 6. The summed E-state index contributed by atoms with van der Waals surface area (Å²) in [5.74, 6) is 0.994. The van der Waals surface area contributed by atoms with Crippen molar-refractivity contribution in [1.29, 1.82) is 0 Å². The van der Waals surface area contributed by atoms with Gasteiger partial charge in [-0.1, -0.05) is 31.5 Å². The molecule has 5 heteroatoms. The van der Waals surface area contributed by atoms with Crippen molar-refractivity contribution in [3.63, 3.8) is 0 Å². The van der Waals surface area contributed by atoms with Crippen LogP contribution in [0.4, 0.5) is 5.69 Å². The highest BCUT2D eigenvalue weighted by Gasteiger charge is 2.15. The number of pyridine rings is 1. The third-order valence-electron chi connectivity index (χ3n) is 2.95. The van der Waals surface area contributed by atoms with Crippen molar-refractivity contribution in [2.24, 2.45) is 5.73 Å². The lowest BCUT2D eigenvalue weighted by molar-refractivity contribution is -0.117. The van der Waals surface area contributed by atoms with Crippen LogP contribution >= 0.6 is 0 Å². The van der Waals surface area contributed by atoms with E-state index in [1.54, 1.807) is 18.5 Å². The van der Waals surface area contributed by atoms with Crippen molar-refractivity contribution in [3.8, 4) is 11.5 Å². The summed E-state index contributed by atoms with van der Waals surface area (Å²) in [6.45, 7) is 1.99. The molecule has 0 aliphatic carbocycles. The number of para-hydroxylation sites is 1. The first-order chi connectivity index (χ1) is 10.2. The van der Waals surface area contributed by atoms with Crippen LogP contribution in [-0.2, 0) is 4.79 Å². The molecule has 1 unspecified atom stereocenters. The first kappa shape index (κ1) is 15.0. The number of ether oxygens (including phenoxy) is 1. The van der Waals surface area contributed by atoms with Crippen LogP contribution in [0.5, 0.6) is 11.5 Å². The Labute approximate surface area is 124 Å². The summed E-state index contributed by atoms with van der Waals surface area (Å²) >= 11 is 0. The second kappa shape index (κ2) is 7.40. The highest BCUT2D eigenvalue weighted by atomic mass is 16.5. The molecule has 1 aromatic carbocycles. The maximum absolute atomic E-state index is 12.0. The van der Waals surface area contributed by atoms with Gasteiger partial charge in [-0.3, -0.25) is 9.78 Å². The van der Waals surface area contributed by atoms with Crippen LogP contribution in [0.25, 0.3) is 0 Å². The van der Waals surface area contributed by atoms with Crippen LogP contribution in [0.15, 0.2) is 48.8 Å². The van der Waals surface area contributed by atoms with Gasteiger partial charge in [0.2, 0.25) is 5.91 Å². The predicted molar refractivity (Wildman–Crippen MR) is 82.3 cm³/mol. The van der Waals surface area contributed by atoms with Crippen LogP contribution in [0, 0.1) is 0 Å². The lowest BCUT2D eigenvalue weighted by Gasteiger charge is -2.14. The number of amides is 1. The first-order valence-corrected chi connectivity index (χ1v) is 6.94. The maximum Gasteiger partial charge on any atom is 0.241 e. The van der Waals surface area contributed by atoms with Crippen LogP contribution in [0.1, 0.15) is 19.8 Å². The molecule has 1 aromatic heterocycles. The van der Waals surface area contributed by atoms with Gasteiger partial charge >= 0.3 is 0 Å². The normalized spacial score (nSPS) is 11.7. The van der Waals surface area contributed by atoms with Crippen molar-refractivity contribution in [1.82, 2.24) is 4.98 Å². The summed E-state index contributed by atoms with van der Waals surface area (Å²) in [6, 6.07) is 10.5. The molecular weight excluding hydrogens is 266 g/mol. The van der Waals surface area contributed by atoms with Gasteiger partial charge in [0.25, 0.3) is 0 Å². The quantitative estimate of drug-likeness (QED) is 0.855. The van der Waals surface area contributed by atoms with E-state index in [9.17, 15) is 4.79 Å². The van der Waals surface area contributed by atoms with E-state index in [0.717, 1.165) is 6.42 Å². The molecule has 2 aromatic rings. The van der Waals surface area contributed by atoms with Crippen LogP contribution in [0.2, 0.25) is 0 Å². The number of anilines is 1. The zero-order valence-electron chi connectivity index (χ0n) is 12.0. The molecular formula is C16H19N3O2. The van der Waals surface area contributed by atoms with Crippen molar-refractivity contribution in [2.45, 2.75) is 25.8 Å². The Morgan fingerprint density at radius 1 is 1.33 bits per heavy atom. The lowest BCUT2D eigenvalue weighted by atomic mass is 10.1. The van der Waals surface area contributed by atoms with Gasteiger partial charge in [0.05, 0.1) is 12.2 Å². The number of nitrogens with one attached hydrogen (secondary N) is 1. The average Bonchev–Trinajstić information content (AvgIpc) is 2.50. The highest BCUT2D eigenvalue weighted by Crippen LogP contribution is 2.28. The van der Waals surface area contributed by atoms with E-state index in [-0.39, 0.29) is 5.91 Å². The largest absolute Gasteiger partial charge is 0.455 e. The van der Waals surface area contributed by atoms with Gasteiger partial charge in [0, 0.05) is 12.3 Å². The molecule has 0 saturated heterocycles. The van der Waals surface area contributed by atoms with E-state index >= 15 is 0 Å². The molecule has 0 aliphatic rings. The van der Waals surface area contributed by atoms with Crippen molar-refractivity contribution < 1.29 is 9.53 Å². The topological polar surface area (TPSA) is 77.2 Å². The minimum atomic E-state index is -0.528. The second-order valence-electron chi connectivity index (χ2n) is 4.67. The van der Waals surface area contributed by atoms with E-state index in [1.165, 1.54) is 0 Å². The molecule has 0 spiro atoms. The SMILES string of the molecule is CCCC(N)C(=O)Nc1cnccc1Oc1ccccc1. The van der Waals surface area contributed by atoms with Crippen LogP contribution in [-0.4, -0.2) is 16.9 Å². The van der Waals surface area contributed by atoms with E-state index < -0.39 is 6.04 Å². The van der Waals surface area contributed by atoms with E-state index in [2.05, 4.69) is 10.3 Å². The van der Waals surface area contributed by atoms with E-state index in [1.807, 2.05) is 37.3 Å². The summed E-state index contributed by atoms with van der Waals surface area (Å²) < 4.78 is 5.75. The van der Waals surface area contributed by atoms with Gasteiger partial charge in [0.1, 0.15) is 11.4 Å². The second-order valence-corrected chi connectivity index (χ2v) is 4.67. The number of nitrogens with zero attached hydrogens (tertiary/aromatic N) is 1. The van der Waals surface area contributed by atoms with Crippen LogP contribution < -0.4 is 15.8 Å². The molecule has 1 heterocycles. The van der Waals surface area contributed by atoms with E-state index in [4.69, 9.17) is 10.5 Å². The summed E-state index contributed by atoms with van der Waals surface area (Å²) in [6.07, 6.45) is 4.66. The molecule has 0 saturated carbocycles. The molecule has 5 nitrogen and oxygen atoms in total. The minimum absolute atomic E-state index is 0.234. The number of carbonyl (C=O) groups is 1. The van der Waals surface area contributed by atoms with Gasteiger partial charge in [-0.15, -0.1) is 0 Å². The van der Waals surface area contributed by atoms with Gasteiger partial charge in [-0.25, -0.2) is 0 Å². The summed E-state index contributed by atoms with van der Waals surface area (Å²) in [5.41, 5.74) is 6.32. The molecule has 0 fully saturated rings. The smallest absolute Gasteiger partial charge is 0.241 e. The fraction of sp³-hybridized carbons (Fsp3) is 0.250. The minimum Gasteiger partial charge on any atom is -0.455 e. The Bertz CT molecular complexity index is 587. The Morgan fingerprint density at radius 2 is 2.10 bits per heavy atom. The maximum atomic E-state index is 12.0. The third kappa shape index (κ3) is 4.29. The molecule has 0 radical (unpaired) electrons. The van der Waals surface area contributed by atoms with Crippen LogP contribution in [0.3, 0.4) is 0 Å². The number of benzene rings is 1. The lowest BCUT2D eigenvalue weighted by Crippen LogP contribution is -2.35. The highest BCUT2D eigenvalue weighted by molar-refractivity contribution is 5.95. The fourth-order valence-corrected chi connectivity index (χ4v) is 1.85. The Balaban J connectivity index is 2.12. The standard InChI is InChI=1S/C16H19N3O2/c1-2-6-13(17)16(20)19-14-11-18-10-9-15(14)21-12-7-4-3-5-8-12/h3-5,7-11,13H,2,6,17H2,1H3,(H,19,20). The zero-order chi connectivity index (χ0) is 15.1. The fourth-order valence-electron chi connectivity index (χ4n) is 1.85. The predicted octanol–water partition coefficient (Wildman–Crippen LogP) is 2.94. The molecule has 110 valence electrons. The molecule has 0 aliphatic heterocycles. The summed E-state index contributed by atoms with van der Waals surface area (Å²) in [4.78, 5) is 16.0. The van der Waals surface area contributed by atoms with Gasteiger partial charge < -0.3 is 15.8 Å². The first-order valence-electron chi connectivity index (χ1n) is 6.94. The molecule has 3 N–H and O–H groups in total. The number of hydrogen-bond acceptors (Lipinski definition) is 4. The van der Waals surface area contributed by atoms with E-state index in [0.29, 0.717) is 23.6 Å². The third-order valence-corrected chi connectivity index (χ3v) is 2.95. The number of hydrogen-bond donors (Lipinski definition) is 2. The van der Waals surface area contributed by atoms with Gasteiger partial charge in [-0.2, -0.15) is 0 Å². The van der Waals surface area contributed by atoms with Crippen molar-refractivity contribution >= 4 is 11.6 Å². The molecule has 21 heavy (non-hydrogen) atoms. The van der Waals surface area contributed by atoms with Crippen molar-refractivity contribution in [3.05, 3.63) is 48.8 Å². The number of carbonyl (C=O) groups excluding carboxylic acids is 1. The van der Waals surface area contributed by atoms with Gasteiger partial charge in [-0.05, 0) is 18.6 Å².